The van der Waals surface area contributed by atoms with E-state index in [1.165, 1.54) is 0 Å². The second-order valence-electron chi connectivity index (χ2n) is 6.40. The first-order chi connectivity index (χ1) is 11.0. The van der Waals surface area contributed by atoms with Gasteiger partial charge in [0.2, 0.25) is 11.8 Å². The molecule has 0 aliphatic carbocycles. The zero-order valence-corrected chi connectivity index (χ0v) is 13.4. The monoisotopic (exact) mass is 317 g/mol. The Morgan fingerprint density at radius 2 is 1.87 bits per heavy atom. The van der Waals surface area contributed by atoms with Crippen LogP contribution in [0.15, 0.2) is 12.3 Å². The van der Waals surface area contributed by atoms with Gasteiger partial charge in [-0.1, -0.05) is 0 Å². The Bertz CT molecular complexity index is 598. The average molecular weight is 317 g/mol. The maximum absolute atomic E-state index is 12.6. The number of hydrogen-bond donors (Lipinski definition) is 1. The highest BCUT2D eigenvalue weighted by atomic mass is 16.2. The molecule has 1 unspecified atom stereocenters. The number of carbonyl (C=O) groups is 2. The van der Waals surface area contributed by atoms with Crippen molar-refractivity contribution in [3.8, 4) is 0 Å². The third-order valence-electron chi connectivity index (χ3n) is 4.83. The van der Waals surface area contributed by atoms with Crippen LogP contribution in [-0.4, -0.2) is 52.9 Å². The van der Waals surface area contributed by atoms with Crippen molar-refractivity contribution in [1.82, 2.24) is 14.9 Å². The van der Waals surface area contributed by atoms with E-state index >= 15 is 0 Å². The lowest BCUT2D eigenvalue weighted by Crippen LogP contribution is -2.42. The van der Waals surface area contributed by atoms with Crippen LogP contribution < -0.4 is 10.6 Å². The summed E-state index contributed by atoms with van der Waals surface area (Å²) in [5.74, 6) is 1.43. The van der Waals surface area contributed by atoms with Gasteiger partial charge in [-0.05, 0) is 32.3 Å². The maximum atomic E-state index is 12.6. The molecule has 2 fully saturated rings. The highest BCUT2D eigenvalue weighted by Gasteiger charge is 2.34. The van der Waals surface area contributed by atoms with Crippen molar-refractivity contribution in [2.45, 2.75) is 26.2 Å². The summed E-state index contributed by atoms with van der Waals surface area (Å²) in [4.78, 5) is 36.4. The molecule has 1 aromatic heterocycles. The van der Waals surface area contributed by atoms with Crippen molar-refractivity contribution in [1.29, 1.82) is 0 Å². The fraction of sp³-hybridized carbons (Fsp3) is 0.625. The first-order valence-corrected chi connectivity index (χ1v) is 8.17. The number of aryl methyl sites for hydroxylation is 1. The zero-order valence-electron chi connectivity index (χ0n) is 13.4. The number of anilines is 1. The summed E-state index contributed by atoms with van der Waals surface area (Å²) in [6.45, 7) is 4.65. The summed E-state index contributed by atoms with van der Waals surface area (Å²) >= 11 is 0. The topological polar surface area (TPSA) is 92.4 Å². The Hall–Kier alpha value is -2.18. The molecule has 2 aliphatic rings. The summed E-state index contributed by atoms with van der Waals surface area (Å²) in [5.41, 5.74) is 5.34. The summed E-state index contributed by atoms with van der Waals surface area (Å²) in [6.07, 6.45) is 4.10. The van der Waals surface area contributed by atoms with E-state index in [4.69, 9.17) is 5.73 Å². The Kier molecular flexibility index (Phi) is 4.45. The summed E-state index contributed by atoms with van der Waals surface area (Å²) in [5, 5.41) is 0. The first-order valence-electron chi connectivity index (χ1n) is 8.17. The van der Waals surface area contributed by atoms with E-state index in [2.05, 4.69) is 14.9 Å². The van der Waals surface area contributed by atoms with E-state index in [9.17, 15) is 9.59 Å². The van der Waals surface area contributed by atoms with Crippen LogP contribution >= 0.6 is 0 Å². The number of nitrogens with two attached hydrogens (primary N) is 1. The number of carbonyl (C=O) groups excluding carboxylic acids is 2. The van der Waals surface area contributed by atoms with Gasteiger partial charge in [0.1, 0.15) is 11.6 Å². The van der Waals surface area contributed by atoms with Crippen LogP contribution in [0.5, 0.6) is 0 Å². The fourth-order valence-corrected chi connectivity index (χ4v) is 3.43. The van der Waals surface area contributed by atoms with E-state index in [1.807, 2.05) is 17.9 Å². The minimum Gasteiger partial charge on any atom is -0.369 e. The molecule has 0 bridgehead atoms. The van der Waals surface area contributed by atoms with E-state index in [-0.39, 0.29) is 23.7 Å². The van der Waals surface area contributed by atoms with Gasteiger partial charge in [-0.2, -0.15) is 0 Å². The Balaban J connectivity index is 1.55. The second kappa shape index (κ2) is 6.52. The number of aromatic nitrogens is 2. The lowest BCUT2D eigenvalue weighted by molar-refractivity contribution is -0.135. The minimum absolute atomic E-state index is 0.0424. The van der Waals surface area contributed by atoms with Crippen LogP contribution in [0.25, 0.3) is 0 Å². The molecule has 2 saturated heterocycles. The zero-order chi connectivity index (χ0) is 16.4. The van der Waals surface area contributed by atoms with Gasteiger partial charge >= 0.3 is 0 Å². The van der Waals surface area contributed by atoms with Crippen molar-refractivity contribution >= 4 is 17.6 Å². The fourth-order valence-electron chi connectivity index (χ4n) is 3.43. The van der Waals surface area contributed by atoms with Gasteiger partial charge in [-0.3, -0.25) is 9.59 Å². The van der Waals surface area contributed by atoms with Crippen LogP contribution in [0, 0.1) is 18.8 Å². The number of likely N-dealkylation sites (tertiary alicyclic amines) is 1. The molecule has 1 aromatic rings. The van der Waals surface area contributed by atoms with Crippen LogP contribution in [0.3, 0.4) is 0 Å². The number of rotatable bonds is 3. The number of amides is 2. The molecule has 2 amide bonds. The van der Waals surface area contributed by atoms with Gasteiger partial charge in [-0.15, -0.1) is 0 Å². The predicted octanol–water partition coefficient (Wildman–Crippen LogP) is 0.335. The lowest BCUT2D eigenvalue weighted by atomic mass is 9.95. The van der Waals surface area contributed by atoms with Crippen LogP contribution in [-0.2, 0) is 9.59 Å². The molecule has 0 aromatic carbocycles. The highest BCUT2D eigenvalue weighted by molar-refractivity contribution is 5.82. The molecule has 3 rings (SSSR count). The molecule has 0 saturated carbocycles. The quantitative estimate of drug-likeness (QED) is 0.867. The number of primary amides is 1. The third-order valence-corrected chi connectivity index (χ3v) is 4.83. The van der Waals surface area contributed by atoms with E-state index < -0.39 is 0 Å². The molecule has 0 spiro atoms. The third kappa shape index (κ3) is 3.43. The molecule has 7 nitrogen and oxygen atoms in total. The van der Waals surface area contributed by atoms with E-state index in [0.29, 0.717) is 19.5 Å². The smallest absolute Gasteiger partial charge is 0.225 e. The molecule has 1 atom stereocenters. The number of hydrogen-bond acceptors (Lipinski definition) is 5. The highest BCUT2D eigenvalue weighted by Crippen LogP contribution is 2.26. The normalized spacial score (nSPS) is 22.4. The molecule has 7 heteroatoms. The molecule has 0 radical (unpaired) electrons. The van der Waals surface area contributed by atoms with E-state index in [0.717, 1.165) is 37.6 Å². The number of nitrogens with zero attached hydrogens (tertiary/aromatic N) is 4. The second-order valence-corrected chi connectivity index (χ2v) is 6.40. The largest absolute Gasteiger partial charge is 0.369 e. The maximum Gasteiger partial charge on any atom is 0.225 e. The summed E-state index contributed by atoms with van der Waals surface area (Å²) in [6, 6.07) is 1.91. The minimum atomic E-state index is -0.297. The van der Waals surface area contributed by atoms with Gasteiger partial charge in [0, 0.05) is 38.3 Å². The van der Waals surface area contributed by atoms with Gasteiger partial charge in [0.05, 0.1) is 5.92 Å². The Labute approximate surface area is 135 Å². The summed E-state index contributed by atoms with van der Waals surface area (Å²) in [7, 11) is 0. The van der Waals surface area contributed by atoms with Gasteiger partial charge in [0.15, 0.2) is 0 Å². The van der Waals surface area contributed by atoms with Crippen molar-refractivity contribution in [2.24, 2.45) is 17.6 Å². The van der Waals surface area contributed by atoms with Crippen molar-refractivity contribution in [3.05, 3.63) is 18.1 Å². The molecule has 124 valence electrons. The molecular formula is C16H23N5O2. The standard InChI is InChI=1S/C16H23N5O2/c1-11-18-6-2-14(19-11)20-7-3-12(4-8-20)16(23)21-9-5-13(10-21)15(17)22/h2,6,12-13H,3-5,7-10H2,1H3,(H2,17,22). The van der Waals surface area contributed by atoms with Crippen molar-refractivity contribution < 1.29 is 9.59 Å². The molecule has 23 heavy (non-hydrogen) atoms. The molecular weight excluding hydrogens is 294 g/mol. The number of piperidine rings is 1. The van der Waals surface area contributed by atoms with E-state index in [1.54, 1.807) is 6.20 Å². The Morgan fingerprint density at radius 3 is 2.48 bits per heavy atom. The molecule has 2 aliphatic heterocycles. The van der Waals surface area contributed by atoms with Gasteiger partial charge in [-0.25, -0.2) is 9.97 Å². The lowest BCUT2D eigenvalue weighted by Gasteiger charge is -2.33. The first kappa shape index (κ1) is 15.7. The van der Waals surface area contributed by atoms with Crippen molar-refractivity contribution in [2.75, 3.05) is 31.1 Å². The molecule has 2 N–H and O–H groups in total. The average Bonchev–Trinajstić information content (AvgIpc) is 3.04. The Morgan fingerprint density at radius 1 is 1.17 bits per heavy atom. The predicted molar refractivity (Wildman–Crippen MR) is 85.6 cm³/mol. The summed E-state index contributed by atoms with van der Waals surface area (Å²) < 4.78 is 0. The van der Waals surface area contributed by atoms with Gasteiger partial charge < -0.3 is 15.5 Å². The van der Waals surface area contributed by atoms with Gasteiger partial charge in [0.25, 0.3) is 0 Å². The van der Waals surface area contributed by atoms with Crippen LogP contribution in [0.4, 0.5) is 5.82 Å². The van der Waals surface area contributed by atoms with Crippen LogP contribution in [0.2, 0.25) is 0 Å². The molecule has 3 heterocycles. The van der Waals surface area contributed by atoms with Crippen molar-refractivity contribution in [3.63, 3.8) is 0 Å². The van der Waals surface area contributed by atoms with Crippen LogP contribution in [0.1, 0.15) is 25.1 Å². The SMILES string of the molecule is Cc1nccc(N2CCC(C(=O)N3CCC(C(N)=O)C3)CC2)n1.